The first-order valence-corrected chi connectivity index (χ1v) is 5.93. The van der Waals surface area contributed by atoms with Crippen LogP contribution in [0.1, 0.15) is 17.0 Å². The first-order chi connectivity index (χ1) is 8.60. The molecule has 0 saturated heterocycles. The van der Waals surface area contributed by atoms with Gasteiger partial charge in [-0.05, 0) is 13.8 Å². The van der Waals surface area contributed by atoms with E-state index in [0.717, 1.165) is 22.6 Å². The van der Waals surface area contributed by atoms with Gasteiger partial charge in [-0.15, -0.1) is 0 Å². The molecular weight excluding hydrogens is 233 g/mol. The Balaban J connectivity index is 2.03. The molecule has 0 saturated carbocycles. The predicted octanol–water partition coefficient (Wildman–Crippen LogP) is 1.82. The topological polar surface area (TPSA) is 47.7 Å². The summed E-state index contributed by atoms with van der Waals surface area (Å²) in [6.07, 6.45) is 3.82. The van der Waals surface area contributed by atoms with Gasteiger partial charge in [-0.25, -0.2) is 4.39 Å². The summed E-state index contributed by atoms with van der Waals surface area (Å²) in [5.41, 5.74) is 3.98. The van der Waals surface area contributed by atoms with Crippen molar-refractivity contribution in [1.82, 2.24) is 19.6 Å². The summed E-state index contributed by atoms with van der Waals surface area (Å²) in [4.78, 5) is 0. The predicted molar refractivity (Wildman–Crippen MR) is 68.2 cm³/mol. The fourth-order valence-corrected chi connectivity index (χ4v) is 1.91. The molecule has 0 aliphatic rings. The summed E-state index contributed by atoms with van der Waals surface area (Å²) < 4.78 is 15.7. The van der Waals surface area contributed by atoms with Crippen LogP contribution in [-0.2, 0) is 20.1 Å². The van der Waals surface area contributed by atoms with E-state index in [9.17, 15) is 4.39 Å². The molecular formula is C12H18FN5. The van der Waals surface area contributed by atoms with Crippen molar-refractivity contribution in [3.05, 3.63) is 29.3 Å². The lowest BCUT2D eigenvalue weighted by atomic mass is 10.2. The molecule has 0 radical (unpaired) electrons. The molecule has 6 heteroatoms. The Labute approximate surface area is 106 Å². The molecule has 0 atom stereocenters. The quantitative estimate of drug-likeness (QED) is 0.881. The molecule has 2 heterocycles. The van der Waals surface area contributed by atoms with E-state index in [1.54, 1.807) is 9.36 Å². The summed E-state index contributed by atoms with van der Waals surface area (Å²) in [7, 11) is 1.90. The molecule has 0 spiro atoms. The average molecular weight is 251 g/mol. The minimum absolute atomic E-state index is 0.300. The third kappa shape index (κ3) is 2.69. The number of aromatic nitrogens is 4. The van der Waals surface area contributed by atoms with E-state index in [4.69, 9.17) is 0 Å². The maximum Gasteiger partial charge on any atom is 0.109 e. The zero-order valence-electron chi connectivity index (χ0n) is 10.9. The van der Waals surface area contributed by atoms with E-state index in [1.807, 2.05) is 33.3 Å². The van der Waals surface area contributed by atoms with Crippen LogP contribution < -0.4 is 5.32 Å². The van der Waals surface area contributed by atoms with Crippen molar-refractivity contribution in [1.29, 1.82) is 0 Å². The van der Waals surface area contributed by atoms with Crippen molar-refractivity contribution in [3.63, 3.8) is 0 Å². The fraction of sp³-hybridized carbons (Fsp3) is 0.500. The van der Waals surface area contributed by atoms with Crippen molar-refractivity contribution in [3.8, 4) is 0 Å². The molecule has 0 unspecified atom stereocenters. The van der Waals surface area contributed by atoms with Gasteiger partial charge in [0.15, 0.2) is 0 Å². The summed E-state index contributed by atoms with van der Waals surface area (Å²) in [5.74, 6) is 0. The highest BCUT2D eigenvalue weighted by molar-refractivity contribution is 5.46. The molecule has 0 fully saturated rings. The molecule has 0 bridgehead atoms. The zero-order valence-corrected chi connectivity index (χ0v) is 10.9. The summed E-state index contributed by atoms with van der Waals surface area (Å²) in [6, 6.07) is 0. The standard InChI is InChI=1S/C12H18FN5/c1-9-11(7-17(3)15-9)6-14-12-8-18(5-4-13)16-10(12)2/h7-8,14H,4-6H2,1-3H3. The number of rotatable bonds is 5. The van der Waals surface area contributed by atoms with Crippen LogP contribution >= 0.6 is 0 Å². The van der Waals surface area contributed by atoms with Crippen LogP contribution in [0.5, 0.6) is 0 Å². The summed E-state index contributed by atoms with van der Waals surface area (Å²) >= 11 is 0. The lowest BCUT2D eigenvalue weighted by Gasteiger charge is -2.03. The van der Waals surface area contributed by atoms with Gasteiger partial charge in [0.05, 0.1) is 23.6 Å². The van der Waals surface area contributed by atoms with Crippen LogP contribution in [-0.4, -0.2) is 26.2 Å². The van der Waals surface area contributed by atoms with Crippen LogP contribution in [0.15, 0.2) is 12.4 Å². The van der Waals surface area contributed by atoms with E-state index in [1.165, 1.54) is 0 Å². The maximum absolute atomic E-state index is 12.2. The van der Waals surface area contributed by atoms with Crippen LogP contribution in [0.25, 0.3) is 0 Å². The lowest BCUT2D eigenvalue weighted by molar-refractivity contribution is 0.426. The molecule has 0 aliphatic heterocycles. The number of hydrogen-bond acceptors (Lipinski definition) is 3. The van der Waals surface area contributed by atoms with Crippen molar-refractivity contribution < 1.29 is 4.39 Å². The van der Waals surface area contributed by atoms with Crippen molar-refractivity contribution >= 4 is 5.69 Å². The highest BCUT2D eigenvalue weighted by Crippen LogP contribution is 2.15. The third-order valence-corrected chi connectivity index (χ3v) is 2.84. The second kappa shape index (κ2) is 5.20. The van der Waals surface area contributed by atoms with Crippen molar-refractivity contribution in [2.75, 3.05) is 12.0 Å². The Morgan fingerprint density at radius 2 is 2.00 bits per heavy atom. The van der Waals surface area contributed by atoms with Gasteiger partial charge in [0.25, 0.3) is 0 Å². The Kier molecular flexibility index (Phi) is 3.64. The monoisotopic (exact) mass is 251 g/mol. The molecule has 0 aliphatic carbocycles. The van der Waals surface area contributed by atoms with Crippen LogP contribution in [0.4, 0.5) is 10.1 Å². The van der Waals surface area contributed by atoms with Gasteiger partial charge in [0.2, 0.25) is 0 Å². The number of nitrogens with one attached hydrogen (secondary N) is 1. The second-order valence-corrected chi connectivity index (χ2v) is 4.35. The molecule has 18 heavy (non-hydrogen) atoms. The molecule has 0 aromatic carbocycles. The first kappa shape index (κ1) is 12.6. The van der Waals surface area contributed by atoms with Gasteiger partial charge in [-0.1, -0.05) is 0 Å². The molecule has 1 N–H and O–H groups in total. The van der Waals surface area contributed by atoms with Crippen molar-refractivity contribution in [2.45, 2.75) is 26.9 Å². The maximum atomic E-state index is 12.2. The van der Waals surface area contributed by atoms with Gasteiger partial charge >= 0.3 is 0 Å². The largest absolute Gasteiger partial charge is 0.378 e. The molecule has 0 amide bonds. The highest BCUT2D eigenvalue weighted by Gasteiger charge is 2.07. The Morgan fingerprint density at radius 3 is 2.61 bits per heavy atom. The Morgan fingerprint density at radius 1 is 1.22 bits per heavy atom. The fourth-order valence-electron chi connectivity index (χ4n) is 1.91. The van der Waals surface area contributed by atoms with E-state index < -0.39 is 6.67 Å². The van der Waals surface area contributed by atoms with Crippen molar-refractivity contribution in [2.24, 2.45) is 7.05 Å². The van der Waals surface area contributed by atoms with Crippen LogP contribution in [0.2, 0.25) is 0 Å². The van der Waals surface area contributed by atoms with Gasteiger partial charge < -0.3 is 5.32 Å². The third-order valence-electron chi connectivity index (χ3n) is 2.84. The molecule has 2 aromatic heterocycles. The highest BCUT2D eigenvalue weighted by atomic mass is 19.1. The SMILES string of the molecule is Cc1nn(C)cc1CNc1cn(CCF)nc1C. The van der Waals surface area contributed by atoms with Crippen LogP contribution in [0.3, 0.4) is 0 Å². The van der Waals surface area contributed by atoms with Gasteiger partial charge in [0, 0.05) is 31.5 Å². The average Bonchev–Trinajstić information content (AvgIpc) is 2.80. The number of alkyl halides is 1. The zero-order chi connectivity index (χ0) is 13.1. The molecule has 2 aromatic rings. The van der Waals surface area contributed by atoms with Gasteiger partial charge in [0.1, 0.15) is 6.67 Å². The Bertz CT molecular complexity index is 529. The number of hydrogen-bond donors (Lipinski definition) is 1. The van der Waals surface area contributed by atoms with Crippen LogP contribution in [0, 0.1) is 13.8 Å². The van der Waals surface area contributed by atoms with E-state index in [2.05, 4.69) is 15.5 Å². The lowest BCUT2D eigenvalue weighted by Crippen LogP contribution is -2.00. The molecule has 5 nitrogen and oxygen atoms in total. The number of aryl methyl sites for hydroxylation is 4. The minimum Gasteiger partial charge on any atom is -0.378 e. The van der Waals surface area contributed by atoms with Gasteiger partial charge in [-0.2, -0.15) is 10.2 Å². The van der Waals surface area contributed by atoms with E-state index in [0.29, 0.717) is 13.1 Å². The summed E-state index contributed by atoms with van der Waals surface area (Å²) in [6.45, 7) is 4.49. The number of halogens is 1. The molecule has 2 rings (SSSR count). The molecule has 98 valence electrons. The number of anilines is 1. The van der Waals surface area contributed by atoms with E-state index in [-0.39, 0.29) is 0 Å². The Hall–Kier alpha value is -1.85. The normalized spacial score (nSPS) is 10.9. The van der Waals surface area contributed by atoms with E-state index >= 15 is 0 Å². The second-order valence-electron chi connectivity index (χ2n) is 4.35. The van der Waals surface area contributed by atoms with Gasteiger partial charge in [-0.3, -0.25) is 9.36 Å². The smallest absolute Gasteiger partial charge is 0.109 e. The first-order valence-electron chi connectivity index (χ1n) is 5.93. The summed E-state index contributed by atoms with van der Waals surface area (Å²) in [5, 5.41) is 11.8. The number of nitrogens with zero attached hydrogens (tertiary/aromatic N) is 4. The minimum atomic E-state index is -0.401.